The highest BCUT2D eigenvalue weighted by Crippen LogP contribution is 2.38. The number of rotatable bonds is 5. The number of phenols is 1. The van der Waals surface area contributed by atoms with Crippen molar-refractivity contribution in [2.45, 2.75) is 13.1 Å². The van der Waals surface area contributed by atoms with Gasteiger partial charge in [-0.25, -0.2) is 9.48 Å². The summed E-state index contributed by atoms with van der Waals surface area (Å²) >= 11 is 0. The van der Waals surface area contributed by atoms with E-state index in [4.69, 9.17) is 5.11 Å². The zero-order valence-corrected chi connectivity index (χ0v) is 18.4. The molecule has 12 heteroatoms. The number of carbonyl (C=O) groups is 1. The Morgan fingerprint density at radius 2 is 1.72 bits per heavy atom. The van der Waals surface area contributed by atoms with Crippen LogP contribution in [0.25, 0.3) is 16.8 Å². The Bertz CT molecular complexity index is 1520. The fourth-order valence-corrected chi connectivity index (χ4v) is 3.41. The lowest BCUT2D eigenvalue weighted by molar-refractivity contribution is -0.137. The minimum Gasteiger partial charge on any atom is -0.505 e. The fraction of sp³-hybridized carbons (Fsp3) is 0.0833. The van der Waals surface area contributed by atoms with Crippen LogP contribution in [0.1, 0.15) is 11.3 Å². The van der Waals surface area contributed by atoms with Crippen molar-refractivity contribution in [2.75, 3.05) is 0 Å². The van der Waals surface area contributed by atoms with Gasteiger partial charge in [-0.1, -0.05) is 24.3 Å². The molecule has 0 amide bonds. The Labute approximate surface area is 200 Å². The molecular weight excluding hydrogens is 481 g/mol. The normalized spacial score (nSPS) is 11.7. The number of alkyl halides is 3. The maximum Gasteiger partial charge on any atom is 0.511 e. The number of para-hydroxylation sites is 1. The molecule has 36 heavy (non-hydrogen) atoms. The lowest BCUT2D eigenvalue weighted by Crippen LogP contribution is -2.14. The monoisotopic (exact) mass is 498 g/mol. The van der Waals surface area contributed by atoms with Gasteiger partial charge in [0.15, 0.2) is 11.4 Å². The van der Waals surface area contributed by atoms with Gasteiger partial charge in [0.2, 0.25) is 0 Å². The van der Waals surface area contributed by atoms with E-state index < -0.39 is 23.5 Å². The topological polar surface area (TPSA) is 129 Å². The van der Waals surface area contributed by atoms with Gasteiger partial charge in [-0.2, -0.15) is 13.2 Å². The van der Waals surface area contributed by atoms with Crippen molar-refractivity contribution in [2.24, 2.45) is 10.2 Å². The zero-order valence-electron chi connectivity index (χ0n) is 18.4. The van der Waals surface area contributed by atoms with Crippen LogP contribution in [0.5, 0.6) is 11.5 Å². The van der Waals surface area contributed by atoms with Crippen LogP contribution in [0, 0.1) is 6.92 Å². The molecule has 9 nitrogen and oxygen atoms in total. The fourth-order valence-electron chi connectivity index (χ4n) is 3.41. The van der Waals surface area contributed by atoms with Crippen molar-refractivity contribution < 1.29 is 32.9 Å². The second-order valence-electron chi connectivity index (χ2n) is 7.54. The van der Waals surface area contributed by atoms with E-state index in [1.807, 2.05) is 0 Å². The minimum atomic E-state index is -4.50. The largest absolute Gasteiger partial charge is 0.511 e. The molecule has 0 aliphatic heterocycles. The lowest BCUT2D eigenvalue weighted by atomic mass is 10.0. The summed E-state index contributed by atoms with van der Waals surface area (Å²) in [4.78, 5) is 23.6. The number of benzene rings is 3. The molecule has 0 saturated carbocycles. The third-order valence-corrected chi connectivity index (χ3v) is 5.12. The number of aromatic nitrogens is 2. The summed E-state index contributed by atoms with van der Waals surface area (Å²) in [5.41, 5.74) is -0.331. The molecule has 0 aliphatic rings. The first kappa shape index (κ1) is 24.3. The molecule has 1 heterocycles. The number of ether oxygens (including phenoxy) is 1. The molecule has 184 valence electrons. The van der Waals surface area contributed by atoms with Crippen LogP contribution in [0.3, 0.4) is 0 Å². The van der Waals surface area contributed by atoms with E-state index in [1.165, 1.54) is 18.2 Å². The summed E-state index contributed by atoms with van der Waals surface area (Å²) in [5, 5.41) is 30.2. The molecule has 0 atom stereocenters. The summed E-state index contributed by atoms with van der Waals surface area (Å²) in [6.45, 7) is 1.54. The van der Waals surface area contributed by atoms with E-state index >= 15 is 0 Å². The Morgan fingerprint density at radius 1 is 1.03 bits per heavy atom. The first-order chi connectivity index (χ1) is 17.0. The van der Waals surface area contributed by atoms with E-state index in [0.717, 1.165) is 28.9 Å². The first-order valence-electron chi connectivity index (χ1n) is 10.3. The van der Waals surface area contributed by atoms with Crippen LogP contribution in [0.2, 0.25) is 0 Å². The van der Waals surface area contributed by atoms with Crippen molar-refractivity contribution in [1.29, 1.82) is 0 Å². The van der Waals surface area contributed by atoms with Gasteiger partial charge in [-0.05, 0) is 55.0 Å². The molecule has 0 radical (unpaired) electrons. The minimum absolute atomic E-state index is 0.0261. The molecule has 0 saturated heterocycles. The number of nitrogens with one attached hydrogen (secondary N) is 1. The predicted octanol–water partition coefficient (Wildman–Crippen LogP) is 6.34. The standard InChI is InChI=1S/C24H17F3N4O5/c1-13-20(22(33)31(30-13)16-10-8-15(9-11-16)24(25,26)27)29-28-19-7-3-6-18(21(19)32)14-4-2-5-17(12-14)36-23(34)35/h2-12,30,32H,1H3,(H,34,35). The van der Waals surface area contributed by atoms with Crippen LogP contribution in [-0.4, -0.2) is 26.1 Å². The van der Waals surface area contributed by atoms with Crippen LogP contribution in [-0.2, 0) is 6.18 Å². The van der Waals surface area contributed by atoms with Crippen molar-refractivity contribution in [3.8, 4) is 28.3 Å². The Kier molecular flexibility index (Phi) is 6.34. The zero-order chi connectivity index (χ0) is 26.0. The van der Waals surface area contributed by atoms with Crippen molar-refractivity contribution in [1.82, 2.24) is 9.78 Å². The number of nitrogens with zero attached hydrogens (tertiary/aromatic N) is 3. The molecule has 3 aromatic carbocycles. The smallest absolute Gasteiger partial charge is 0.505 e. The number of H-pyrrole nitrogens is 1. The number of hydrogen-bond donors (Lipinski definition) is 3. The molecule has 1 aromatic heterocycles. The maximum atomic E-state index is 12.8. The quantitative estimate of drug-likeness (QED) is 0.168. The van der Waals surface area contributed by atoms with Gasteiger partial charge in [0, 0.05) is 5.56 Å². The van der Waals surface area contributed by atoms with E-state index in [0.29, 0.717) is 16.8 Å². The second kappa shape index (κ2) is 9.41. The number of phenolic OH excluding ortho intramolecular Hbond substituents is 1. The van der Waals surface area contributed by atoms with Gasteiger partial charge in [0.1, 0.15) is 11.4 Å². The molecule has 0 fully saturated rings. The third-order valence-electron chi connectivity index (χ3n) is 5.12. The highest BCUT2D eigenvalue weighted by atomic mass is 19.4. The second-order valence-corrected chi connectivity index (χ2v) is 7.54. The predicted molar refractivity (Wildman–Crippen MR) is 123 cm³/mol. The van der Waals surface area contributed by atoms with Gasteiger partial charge >= 0.3 is 12.3 Å². The molecule has 4 rings (SSSR count). The summed E-state index contributed by atoms with van der Waals surface area (Å²) in [6, 6.07) is 14.7. The van der Waals surface area contributed by atoms with Crippen LogP contribution in [0.15, 0.2) is 81.8 Å². The average Bonchev–Trinajstić information content (AvgIpc) is 3.11. The molecular formula is C24H17F3N4O5. The van der Waals surface area contributed by atoms with E-state index in [1.54, 1.807) is 31.2 Å². The van der Waals surface area contributed by atoms with Crippen molar-refractivity contribution >= 4 is 17.5 Å². The SMILES string of the molecule is Cc1[nH]n(-c2ccc(C(F)(F)F)cc2)c(=O)c1N=Nc1cccc(-c2cccc(OC(=O)O)c2)c1O. The van der Waals surface area contributed by atoms with Crippen LogP contribution in [0.4, 0.5) is 29.3 Å². The molecule has 4 aromatic rings. The van der Waals surface area contributed by atoms with Gasteiger partial charge in [-0.3, -0.25) is 9.89 Å². The van der Waals surface area contributed by atoms with Gasteiger partial charge in [-0.15, -0.1) is 10.2 Å². The van der Waals surface area contributed by atoms with Crippen LogP contribution < -0.4 is 10.3 Å². The highest BCUT2D eigenvalue weighted by molar-refractivity contribution is 5.77. The number of halogens is 3. The van der Waals surface area contributed by atoms with Crippen LogP contribution >= 0.6 is 0 Å². The number of aryl methyl sites for hydroxylation is 1. The first-order valence-corrected chi connectivity index (χ1v) is 10.3. The summed E-state index contributed by atoms with van der Waals surface area (Å²) in [5.74, 6) is -0.219. The number of aromatic hydroxyl groups is 1. The number of azo groups is 1. The molecule has 3 N–H and O–H groups in total. The number of hydrogen-bond acceptors (Lipinski definition) is 6. The van der Waals surface area contributed by atoms with Crippen molar-refractivity contribution in [3.63, 3.8) is 0 Å². The Balaban J connectivity index is 1.65. The van der Waals surface area contributed by atoms with Gasteiger partial charge in [0.05, 0.1) is 16.9 Å². The maximum absolute atomic E-state index is 12.8. The van der Waals surface area contributed by atoms with Gasteiger partial charge in [0.25, 0.3) is 5.56 Å². The van der Waals surface area contributed by atoms with E-state index in [2.05, 4.69) is 20.1 Å². The van der Waals surface area contributed by atoms with E-state index in [9.17, 15) is 27.9 Å². The average molecular weight is 498 g/mol. The Morgan fingerprint density at radius 3 is 2.39 bits per heavy atom. The lowest BCUT2D eigenvalue weighted by Gasteiger charge is -2.08. The third kappa shape index (κ3) is 4.97. The molecule has 0 bridgehead atoms. The molecule has 0 aliphatic carbocycles. The summed E-state index contributed by atoms with van der Waals surface area (Å²) < 4.78 is 44.1. The summed E-state index contributed by atoms with van der Waals surface area (Å²) in [7, 11) is 0. The number of carboxylic acid groups (broad SMARTS) is 1. The van der Waals surface area contributed by atoms with E-state index in [-0.39, 0.29) is 28.6 Å². The number of aromatic amines is 1. The highest BCUT2D eigenvalue weighted by Gasteiger charge is 2.30. The Hall–Kier alpha value is -4.87. The molecule has 0 unspecified atom stereocenters. The van der Waals surface area contributed by atoms with Crippen molar-refractivity contribution in [3.05, 3.63) is 88.3 Å². The van der Waals surface area contributed by atoms with Gasteiger partial charge < -0.3 is 14.9 Å². The molecule has 0 spiro atoms. The summed E-state index contributed by atoms with van der Waals surface area (Å²) in [6.07, 6.45) is -5.99.